The molecule has 0 spiro atoms. The van der Waals surface area contributed by atoms with Crippen molar-refractivity contribution in [3.8, 4) is 5.75 Å². The Morgan fingerprint density at radius 1 is 0.960 bits per heavy atom. The molecule has 0 aromatic heterocycles. The van der Waals surface area contributed by atoms with Crippen LogP contribution >= 0.6 is 0 Å². The first-order valence-corrected chi connectivity index (χ1v) is 9.02. The summed E-state index contributed by atoms with van der Waals surface area (Å²) < 4.78 is 5.27. The number of carbonyl (C=O) groups excluding carboxylic acids is 1. The van der Waals surface area contributed by atoms with Crippen LogP contribution < -0.4 is 4.74 Å². The van der Waals surface area contributed by atoms with Gasteiger partial charge >= 0.3 is 0 Å². The van der Waals surface area contributed by atoms with Crippen molar-refractivity contribution in [3.05, 3.63) is 65.7 Å². The van der Waals surface area contributed by atoms with Crippen LogP contribution in [0.25, 0.3) is 11.1 Å². The number of nitrogens with zero attached hydrogens (tertiary/aromatic N) is 1. The highest BCUT2D eigenvalue weighted by Crippen LogP contribution is 2.40. The number of piperidine rings is 1. The molecule has 0 saturated carbocycles. The van der Waals surface area contributed by atoms with Crippen LogP contribution in [0.4, 0.5) is 0 Å². The number of amides is 1. The lowest BCUT2D eigenvalue weighted by atomic mass is 9.82. The highest BCUT2D eigenvalue weighted by atomic mass is 16.5. The van der Waals surface area contributed by atoms with Crippen LogP contribution in [0.1, 0.15) is 36.8 Å². The molecule has 2 aliphatic rings. The lowest BCUT2D eigenvalue weighted by Crippen LogP contribution is -2.47. The second-order valence-corrected chi connectivity index (χ2v) is 6.80. The molecule has 25 heavy (non-hydrogen) atoms. The lowest BCUT2D eigenvalue weighted by molar-refractivity contribution is -0.128. The van der Waals surface area contributed by atoms with Crippen molar-refractivity contribution in [2.75, 3.05) is 13.7 Å². The van der Waals surface area contributed by atoms with Crippen LogP contribution in [0, 0.1) is 0 Å². The standard InChI is InChI=1S/C22H23NO2/c1-25-19-12-10-17(11-13-19)21-20(16-7-3-2-4-8-16)15-18-9-5-6-14-23(18)22(21)24/h2-4,7-8,10-13,18H,5-6,9,14-15H2,1H3. The van der Waals surface area contributed by atoms with Crippen LogP contribution in [0.3, 0.4) is 0 Å². The molecule has 128 valence electrons. The molecular weight excluding hydrogens is 310 g/mol. The molecule has 2 aliphatic heterocycles. The van der Waals surface area contributed by atoms with Crippen molar-refractivity contribution >= 4 is 17.1 Å². The number of rotatable bonds is 3. The van der Waals surface area contributed by atoms with E-state index in [4.69, 9.17) is 4.74 Å². The van der Waals surface area contributed by atoms with Gasteiger partial charge in [-0.05, 0) is 54.5 Å². The van der Waals surface area contributed by atoms with Crippen LogP contribution in [0.5, 0.6) is 5.75 Å². The summed E-state index contributed by atoms with van der Waals surface area (Å²) >= 11 is 0. The molecule has 0 aliphatic carbocycles. The van der Waals surface area contributed by atoms with E-state index in [1.54, 1.807) is 7.11 Å². The maximum absolute atomic E-state index is 13.3. The normalized spacial score (nSPS) is 20.4. The minimum absolute atomic E-state index is 0.181. The molecule has 3 heteroatoms. The third-order valence-corrected chi connectivity index (χ3v) is 5.34. The number of carbonyl (C=O) groups is 1. The lowest BCUT2D eigenvalue weighted by Gasteiger charge is -2.41. The molecule has 4 rings (SSSR count). The first kappa shape index (κ1) is 15.9. The molecular formula is C22H23NO2. The Morgan fingerprint density at radius 3 is 2.44 bits per heavy atom. The van der Waals surface area contributed by atoms with Gasteiger partial charge in [-0.1, -0.05) is 42.5 Å². The van der Waals surface area contributed by atoms with Crippen LogP contribution in [0.2, 0.25) is 0 Å². The van der Waals surface area contributed by atoms with Gasteiger partial charge < -0.3 is 9.64 Å². The fourth-order valence-corrected chi connectivity index (χ4v) is 4.05. The number of methoxy groups -OCH3 is 1. The van der Waals surface area contributed by atoms with E-state index in [1.165, 1.54) is 12.0 Å². The third kappa shape index (κ3) is 2.95. The maximum atomic E-state index is 13.3. The van der Waals surface area contributed by atoms with Gasteiger partial charge in [0.05, 0.1) is 12.7 Å². The van der Waals surface area contributed by atoms with Crippen LogP contribution in [0.15, 0.2) is 54.6 Å². The van der Waals surface area contributed by atoms with E-state index in [1.807, 2.05) is 42.5 Å². The second kappa shape index (κ2) is 6.75. The quantitative estimate of drug-likeness (QED) is 0.834. The molecule has 2 aromatic rings. The highest BCUT2D eigenvalue weighted by molar-refractivity contribution is 6.28. The van der Waals surface area contributed by atoms with E-state index < -0.39 is 0 Å². The highest BCUT2D eigenvalue weighted by Gasteiger charge is 2.36. The Morgan fingerprint density at radius 2 is 1.72 bits per heavy atom. The van der Waals surface area contributed by atoms with Gasteiger partial charge in [-0.25, -0.2) is 0 Å². The Bertz CT molecular complexity index is 793. The van der Waals surface area contributed by atoms with Gasteiger partial charge in [0.15, 0.2) is 0 Å². The molecule has 1 atom stereocenters. The summed E-state index contributed by atoms with van der Waals surface area (Å²) in [5, 5.41) is 0. The fourth-order valence-electron chi connectivity index (χ4n) is 4.05. The zero-order chi connectivity index (χ0) is 17.2. The van der Waals surface area contributed by atoms with Gasteiger partial charge in [0.25, 0.3) is 5.91 Å². The van der Waals surface area contributed by atoms with E-state index in [0.29, 0.717) is 6.04 Å². The maximum Gasteiger partial charge on any atom is 0.255 e. The van der Waals surface area contributed by atoms with Crippen molar-refractivity contribution < 1.29 is 9.53 Å². The SMILES string of the molecule is COc1ccc(C2=C(c3ccccc3)CC3CCCCN3C2=O)cc1. The number of ether oxygens (including phenoxy) is 1. The summed E-state index contributed by atoms with van der Waals surface area (Å²) in [6, 6.07) is 18.6. The summed E-state index contributed by atoms with van der Waals surface area (Å²) in [5.74, 6) is 0.990. The monoisotopic (exact) mass is 333 g/mol. The van der Waals surface area contributed by atoms with Gasteiger partial charge in [0.2, 0.25) is 0 Å². The molecule has 0 N–H and O–H groups in total. The van der Waals surface area contributed by atoms with E-state index in [-0.39, 0.29) is 5.91 Å². The Hall–Kier alpha value is -2.55. The number of benzene rings is 2. The molecule has 1 unspecified atom stereocenters. The van der Waals surface area contributed by atoms with E-state index >= 15 is 0 Å². The Kier molecular flexibility index (Phi) is 4.31. The zero-order valence-electron chi connectivity index (χ0n) is 14.6. The molecule has 1 fully saturated rings. The third-order valence-electron chi connectivity index (χ3n) is 5.34. The predicted octanol–water partition coefficient (Wildman–Crippen LogP) is 4.39. The molecule has 1 saturated heterocycles. The smallest absolute Gasteiger partial charge is 0.255 e. The van der Waals surface area contributed by atoms with Gasteiger partial charge in [0, 0.05) is 12.6 Å². The second-order valence-electron chi connectivity index (χ2n) is 6.80. The van der Waals surface area contributed by atoms with Crippen molar-refractivity contribution in [3.63, 3.8) is 0 Å². The summed E-state index contributed by atoms with van der Waals surface area (Å²) in [6.45, 7) is 0.880. The molecule has 3 nitrogen and oxygen atoms in total. The average molecular weight is 333 g/mol. The summed E-state index contributed by atoms with van der Waals surface area (Å²) in [5.41, 5.74) is 4.17. The number of hydrogen-bond donors (Lipinski definition) is 0. The first-order chi connectivity index (χ1) is 12.3. The average Bonchev–Trinajstić information content (AvgIpc) is 2.69. The van der Waals surface area contributed by atoms with Crippen molar-refractivity contribution in [1.82, 2.24) is 4.90 Å². The topological polar surface area (TPSA) is 29.5 Å². The first-order valence-electron chi connectivity index (χ1n) is 9.02. The number of fused-ring (bicyclic) bond motifs is 1. The zero-order valence-corrected chi connectivity index (χ0v) is 14.6. The molecule has 0 radical (unpaired) electrons. The van der Waals surface area contributed by atoms with Crippen molar-refractivity contribution in [1.29, 1.82) is 0 Å². The van der Waals surface area contributed by atoms with E-state index in [9.17, 15) is 4.79 Å². The predicted molar refractivity (Wildman–Crippen MR) is 100 cm³/mol. The van der Waals surface area contributed by atoms with Gasteiger partial charge in [-0.15, -0.1) is 0 Å². The Balaban J connectivity index is 1.85. The molecule has 0 bridgehead atoms. The molecule has 1 amide bonds. The van der Waals surface area contributed by atoms with Crippen molar-refractivity contribution in [2.45, 2.75) is 31.7 Å². The fraction of sp³-hybridized carbons (Fsp3) is 0.318. The van der Waals surface area contributed by atoms with E-state index in [2.05, 4.69) is 17.0 Å². The van der Waals surface area contributed by atoms with Crippen LogP contribution in [-0.2, 0) is 4.79 Å². The Labute approximate surface area is 148 Å². The molecule has 2 heterocycles. The van der Waals surface area contributed by atoms with Crippen LogP contribution in [-0.4, -0.2) is 30.5 Å². The minimum atomic E-state index is 0.181. The number of hydrogen-bond acceptors (Lipinski definition) is 2. The summed E-state index contributed by atoms with van der Waals surface area (Å²) in [7, 11) is 1.66. The van der Waals surface area contributed by atoms with Gasteiger partial charge in [0.1, 0.15) is 5.75 Å². The van der Waals surface area contributed by atoms with E-state index in [0.717, 1.165) is 48.3 Å². The minimum Gasteiger partial charge on any atom is -0.497 e. The summed E-state index contributed by atoms with van der Waals surface area (Å²) in [6.07, 6.45) is 4.38. The largest absolute Gasteiger partial charge is 0.497 e. The van der Waals surface area contributed by atoms with Gasteiger partial charge in [-0.2, -0.15) is 0 Å². The van der Waals surface area contributed by atoms with Gasteiger partial charge in [-0.3, -0.25) is 4.79 Å². The summed E-state index contributed by atoms with van der Waals surface area (Å²) in [4.78, 5) is 15.4. The van der Waals surface area contributed by atoms with Crippen molar-refractivity contribution in [2.24, 2.45) is 0 Å². The molecule has 2 aromatic carbocycles.